The van der Waals surface area contributed by atoms with Crippen molar-refractivity contribution in [2.24, 2.45) is 0 Å². The van der Waals surface area contributed by atoms with Gasteiger partial charge in [-0.25, -0.2) is 0 Å². The molecule has 6 heteroatoms. The van der Waals surface area contributed by atoms with Crippen molar-refractivity contribution in [1.82, 2.24) is 5.32 Å². The van der Waals surface area contributed by atoms with Crippen molar-refractivity contribution in [3.8, 4) is 0 Å². The quantitative estimate of drug-likeness (QED) is 0.663. The van der Waals surface area contributed by atoms with Crippen molar-refractivity contribution in [2.75, 3.05) is 27.7 Å². The Balaban J connectivity index is 1.95. The minimum atomic E-state index is -0.904. The van der Waals surface area contributed by atoms with Crippen molar-refractivity contribution in [1.29, 1.82) is 0 Å². The Morgan fingerprint density at radius 1 is 1.08 bits per heavy atom. The van der Waals surface area contributed by atoms with Crippen LogP contribution in [-0.2, 0) is 17.6 Å². The summed E-state index contributed by atoms with van der Waals surface area (Å²) in [5, 5.41) is 12.0. The molecule has 0 saturated heterocycles. The number of carboxylic acids is 1. The number of hydrogen-bond donors (Lipinski definition) is 2. The third-order valence-electron chi connectivity index (χ3n) is 3.91. The van der Waals surface area contributed by atoms with E-state index in [1.54, 1.807) is 0 Å². The van der Waals surface area contributed by atoms with Gasteiger partial charge in [0, 0.05) is 4.88 Å². The summed E-state index contributed by atoms with van der Waals surface area (Å²) < 4.78 is 0.588. The fourth-order valence-corrected chi connectivity index (χ4v) is 3.75. The highest BCUT2D eigenvalue weighted by Crippen LogP contribution is 2.19. The van der Waals surface area contributed by atoms with E-state index >= 15 is 0 Å². The molecular formula is C20H27N2O3S+. The first-order chi connectivity index (χ1) is 12.2. The van der Waals surface area contributed by atoms with Crippen LogP contribution in [0.25, 0.3) is 0 Å². The number of aryl methyl sites for hydroxylation is 2. The molecule has 140 valence electrons. The van der Waals surface area contributed by atoms with Crippen molar-refractivity contribution in [3.05, 3.63) is 57.8 Å². The topological polar surface area (TPSA) is 66.4 Å². The molecule has 0 bridgehead atoms. The molecule has 2 rings (SSSR count). The summed E-state index contributed by atoms with van der Waals surface area (Å²) in [4.78, 5) is 25.4. The Hall–Kier alpha value is -2.18. The number of carboxylic acid groups (broad SMARTS) is 1. The van der Waals surface area contributed by atoms with Gasteiger partial charge in [0.05, 0.1) is 45.0 Å². The van der Waals surface area contributed by atoms with Crippen LogP contribution in [0.3, 0.4) is 0 Å². The molecule has 2 N–H and O–H groups in total. The molecule has 5 nitrogen and oxygen atoms in total. The molecule has 1 amide bonds. The number of carbonyl (C=O) groups is 2. The van der Waals surface area contributed by atoms with E-state index in [4.69, 9.17) is 5.11 Å². The second kappa shape index (κ2) is 8.96. The fraction of sp³-hybridized carbons (Fsp3) is 0.400. The average Bonchev–Trinajstić information content (AvgIpc) is 3.00. The molecule has 26 heavy (non-hydrogen) atoms. The van der Waals surface area contributed by atoms with E-state index in [-0.39, 0.29) is 12.3 Å². The van der Waals surface area contributed by atoms with Gasteiger partial charge in [-0.2, -0.15) is 0 Å². The van der Waals surface area contributed by atoms with E-state index in [0.29, 0.717) is 15.9 Å². The van der Waals surface area contributed by atoms with Crippen LogP contribution in [0.5, 0.6) is 0 Å². The van der Waals surface area contributed by atoms with Crippen LogP contribution >= 0.6 is 11.3 Å². The van der Waals surface area contributed by atoms with Gasteiger partial charge < -0.3 is 14.9 Å². The van der Waals surface area contributed by atoms with Gasteiger partial charge in [0.1, 0.15) is 0 Å². The molecule has 0 aliphatic rings. The molecule has 1 heterocycles. The molecule has 0 spiro atoms. The number of benzene rings is 1. The SMILES string of the molecule is C[N+](C)(C)CC(CC(=O)O)NC(=O)c1ccc(CCc2ccccc2)s1. The zero-order valence-electron chi connectivity index (χ0n) is 15.6. The standard InChI is InChI=1S/C20H26N2O3S/c1-22(2,3)14-16(13-19(23)24)21-20(25)18-12-11-17(26-18)10-9-15-7-5-4-6-8-15/h4-8,11-12,16H,9-10,13-14H2,1-3H3,(H-,21,23,24,25)/p+1. The molecule has 0 radical (unpaired) electrons. The lowest BCUT2D eigenvalue weighted by atomic mass is 10.1. The first-order valence-electron chi connectivity index (χ1n) is 8.69. The number of quaternary nitrogens is 1. The summed E-state index contributed by atoms with van der Waals surface area (Å²) in [7, 11) is 5.94. The van der Waals surface area contributed by atoms with E-state index in [1.807, 2.05) is 51.5 Å². The Kier molecular flexibility index (Phi) is 6.94. The van der Waals surface area contributed by atoms with Crippen molar-refractivity contribution in [3.63, 3.8) is 0 Å². The third-order valence-corrected chi connectivity index (χ3v) is 5.06. The average molecular weight is 376 g/mol. The molecule has 0 fully saturated rings. The lowest BCUT2D eigenvalue weighted by Gasteiger charge is -2.29. The number of thiophene rings is 1. The van der Waals surface area contributed by atoms with Crippen LogP contribution in [0.1, 0.15) is 26.5 Å². The molecule has 0 aliphatic heterocycles. The van der Waals surface area contributed by atoms with Gasteiger partial charge in [0.2, 0.25) is 0 Å². The van der Waals surface area contributed by atoms with E-state index in [1.165, 1.54) is 16.9 Å². The second-order valence-corrected chi connectivity index (χ2v) is 8.66. The molecule has 0 saturated carbocycles. The first-order valence-corrected chi connectivity index (χ1v) is 9.50. The number of carbonyl (C=O) groups excluding carboxylic acids is 1. The van der Waals surface area contributed by atoms with E-state index < -0.39 is 12.0 Å². The number of hydrogen-bond acceptors (Lipinski definition) is 3. The van der Waals surface area contributed by atoms with Gasteiger partial charge >= 0.3 is 5.97 Å². The van der Waals surface area contributed by atoms with Crippen LogP contribution in [0.15, 0.2) is 42.5 Å². The van der Waals surface area contributed by atoms with Crippen molar-refractivity contribution in [2.45, 2.75) is 25.3 Å². The molecular weight excluding hydrogens is 348 g/mol. The van der Waals surface area contributed by atoms with E-state index in [0.717, 1.165) is 17.7 Å². The van der Waals surface area contributed by atoms with Gasteiger partial charge in [-0.3, -0.25) is 9.59 Å². The maximum Gasteiger partial charge on any atom is 0.305 e. The van der Waals surface area contributed by atoms with Gasteiger partial charge in [-0.1, -0.05) is 30.3 Å². The second-order valence-electron chi connectivity index (χ2n) is 7.49. The first kappa shape index (κ1) is 20.1. The van der Waals surface area contributed by atoms with Gasteiger partial charge in [-0.15, -0.1) is 11.3 Å². The molecule has 1 atom stereocenters. The number of rotatable bonds is 9. The summed E-state index contributed by atoms with van der Waals surface area (Å²) in [5.41, 5.74) is 1.27. The Morgan fingerprint density at radius 3 is 2.38 bits per heavy atom. The van der Waals surface area contributed by atoms with Gasteiger partial charge in [0.15, 0.2) is 0 Å². The van der Waals surface area contributed by atoms with Gasteiger partial charge in [0.25, 0.3) is 5.91 Å². The van der Waals surface area contributed by atoms with Crippen LogP contribution in [0.2, 0.25) is 0 Å². The summed E-state index contributed by atoms with van der Waals surface area (Å²) >= 11 is 1.47. The van der Waals surface area contributed by atoms with E-state index in [9.17, 15) is 9.59 Å². The monoisotopic (exact) mass is 375 g/mol. The lowest BCUT2D eigenvalue weighted by molar-refractivity contribution is -0.871. The smallest absolute Gasteiger partial charge is 0.305 e. The number of nitrogens with one attached hydrogen (secondary N) is 1. The van der Waals surface area contributed by atoms with E-state index in [2.05, 4.69) is 17.4 Å². The highest BCUT2D eigenvalue weighted by Gasteiger charge is 2.23. The molecule has 0 aliphatic carbocycles. The zero-order chi connectivity index (χ0) is 19.2. The lowest BCUT2D eigenvalue weighted by Crippen LogP contribution is -2.49. The van der Waals surface area contributed by atoms with Crippen LogP contribution in [0.4, 0.5) is 0 Å². The zero-order valence-corrected chi connectivity index (χ0v) is 16.4. The van der Waals surface area contributed by atoms with Crippen molar-refractivity contribution >= 4 is 23.2 Å². The van der Waals surface area contributed by atoms with Crippen LogP contribution in [-0.4, -0.2) is 55.2 Å². The minimum absolute atomic E-state index is 0.0759. The maximum atomic E-state index is 12.5. The maximum absolute atomic E-state index is 12.5. The molecule has 1 unspecified atom stereocenters. The summed E-state index contributed by atoms with van der Waals surface area (Å²) in [6.07, 6.45) is 1.75. The number of amides is 1. The number of likely N-dealkylation sites (N-methyl/N-ethyl adjacent to an activating group) is 1. The Bertz CT molecular complexity index is 735. The van der Waals surface area contributed by atoms with Crippen molar-refractivity contribution < 1.29 is 19.2 Å². The van der Waals surface area contributed by atoms with Crippen LogP contribution < -0.4 is 5.32 Å². The molecule has 1 aromatic carbocycles. The summed E-state index contributed by atoms with van der Waals surface area (Å²) in [6.45, 7) is 0.560. The third kappa shape index (κ3) is 6.98. The number of nitrogens with zero attached hydrogens (tertiary/aromatic N) is 1. The van der Waals surface area contributed by atoms with Gasteiger partial charge in [-0.05, 0) is 30.5 Å². The largest absolute Gasteiger partial charge is 0.481 e. The number of aliphatic carboxylic acids is 1. The Labute approximate surface area is 158 Å². The normalized spacial score (nSPS) is 12.6. The molecule has 2 aromatic rings. The predicted molar refractivity (Wildman–Crippen MR) is 105 cm³/mol. The predicted octanol–water partition coefficient (Wildman–Crippen LogP) is 2.81. The fourth-order valence-electron chi connectivity index (χ4n) is 2.84. The summed E-state index contributed by atoms with van der Waals surface area (Å²) in [5.74, 6) is -1.10. The highest BCUT2D eigenvalue weighted by atomic mass is 32.1. The summed E-state index contributed by atoms with van der Waals surface area (Å²) in [6, 6.07) is 13.7. The highest BCUT2D eigenvalue weighted by molar-refractivity contribution is 7.14. The molecule has 1 aromatic heterocycles. The Morgan fingerprint density at radius 2 is 1.77 bits per heavy atom. The van der Waals surface area contributed by atoms with Crippen LogP contribution in [0, 0.1) is 0 Å². The minimum Gasteiger partial charge on any atom is -0.481 e.